The molecular formula is C54H64ClFN5O11P. The molecule has 1 aromatic heterocycles. The van der Waals surface area contributed by atoms with Gasteiger partial charge in [-0.2, -0.15) is 4.39 Å². The van der Waals surface area contributed by atoms with Crippen LogP contribution >= 0.6 is 20.1 Å². The Morgan fingerprint density at radius 1 is 0.575 bits per heavy atom. The van der Waals surface area contributed by atoms with Crippen LogP contribution in [0.2, 0.25) is 5.02 Å². The largest absolute Gasteiger partial charge is 0.461 e. The molecule has 390 valence electrons. The van der Waals surface area contributed by atoms with Crippen molar-refractivity contribution in [3.63, 3.8) is 0 Å². The van der Waals surface area contributed by atoms with E-state index in [4.69, 9.17) is 40.4 Å². The Hall–Kier alpha value is -6.62. The zero-order valence-electron chi connectivity index (χ0n) is 40.7. The Morgan fingerprint density at radius 3 is 1.63 bits per heavy atom. The molecule has 5 aromatic rings. The number of benzene rings is 4. The molecule has 5 rings (SSSR count). The summed E-state index contributed by atoms with van der Waals surface area (Å²) in [6.07, 6.45) is 5.24. The number of hydrogen-bond donors (Lipinski definition) is 4. The second kappa shape index (κ2) is 35.5. The van der Waals surface area contributed by atoms with Crippen molar-refractivity contribution in [1.29, 1.82) is 0 Å². The van der Waals surface area contributed by atoms with Crippen LogP contribution in [-0.2, 0) is 73.7 Å². The number of esters is 3. The first kappa shape index (κ1) is 58.9. The number of carbonyl (C=O) groups is 6. The number of hydrogen-bond acceptors (Lipinski definition) is 13. The lowest BCUT2D eigenvalue weighted by molar-refractivity contribution is -0.149. The molecule has 0 aliphatic rings. The molecule has 2 unspecified atom stereocenters. The van der Waals surface area contributed by atoms with Gasteiger partial charge < -0.3 is 39.2 Å². The highest BCUT2D eigenvalue weighted by atomic mass is 35.5. The molecule has 73 heavy (non-hydrogen) atoms. The van der Waals surface area contributed by atoms with E-state index in [1.54, 1.807) is 0 Å². The van der Waals surface area contributed by atoms with Crippen molar-refractivity contribution in [3.8, 4) is 0 Å². The molecule has 5 N–H and O–H groups in total. The maximum absolute atomic E-state index is 13.2. The lowest BCUT2D eigenvalue weighted by Gasteiger charge is -2.18. The number of carbonyl (C=O) groups excluding carboxylic acids is 6. The van der Waals surface area contributed by atoms with Crippen LogP contribution in [0.4, 0.5) is 4.39 Å². The van der Waals surface area contributed by atoms with Gasteiger partial charge in [-0.15, -0.1) is 0 Å². The molecule has 4 aromatic carbocycles. The number of pyridine rings is 1. The van der Waals surface area contributed by atoms with Crippen molar-refractivity contribution in [2.75, 3.05) is 19.7 Å². The SMILES string of the molecule is NP(OCCCCNC(=O)CCC(NC(=O)CCCCCNC(=O)c1cnc(F)c(Cl)c1)C(=O)OCc1ccccc1)OCc1ccccc1.O=C(CCCC(=O)OCc1ccccc1)OCc1ccccc1. The molecule has 0 radical (unpaired) electrons. The summed E-state index contributed by atoms with van der Waals surface area (Å²) in [5.74, 6) is -3.12. The molecule has 0 aliphatic carbocycles. The van der Waals surface area contributed by atoms with E-state index in [1.807, 2.05) is 121 Å². The van der Waals surface area contributed by atoms with Gasteiger partial charge in [0.25, 0.3) is 14.4 Å². The number of halogens is 2. The van der Waals surface area contributed by atoms with Gasteiger partial charge in [0.15, 0.2) is 0 Å². The molecular weight excluding hydrogens is 980 g/mol. The summed E-state index contributed by atoms with van der Waals surface area (Å²) in [7, 11) is -1.50. The van der Waals surface area contributed by atoms with E-state index in [9.17, 15) is 33.2 Å². The first-order chi connectivity index (χ1) is 35.4. The van der Waals surface area contributed by atoms with Crippen LogP contribution in [0.5, 0.6) is 0 Å². The van der Waals surface area contributed by atoms with Gasteiger partial charge in [0.2, 0.25) is 17.8 Å². The molecule has 0 bridgehead atoms. The minimum absolute atomic E-state index is 0.0117. The van der Waals surface area contributed by atoms with Crippen molar-refractivity contribution in [3.05, 3.63) is 172 Å². The second-order valence-corrected chi connectivity index (χ2v) is 17.9. The molecule has 0 saturated heterocycles. The Balaban J connectivity index is 0.000000417. The zero-order valence-corrected chi connectivity index (χ0v) is 42.4. The van der Waals surface area contributed by atoms with Crippen LogP contribution in [0.15, 0.2) is 134 Å². The monoisotopic (exact) mass is 1040 g/mol. The lowest BCUT2D eigenvalue weighted by Crippen LogP contribution is -2.42. The van der Waals surface area contributed by atoms with E-state index in [-0.39, 0.29) is 86.3 Å². The highest BCUT2D eigenvalue weighted by Gasteiger charge is 2.23. The number of nitrogens with one attached hydrogen (secondary N) is 3. The topological polar surface area (TPSA) is 224 Å². The standard InChI is InChI=1S/C35H44ClFN5O7P.C19H20O4/c36-29-22-28(23-41-33(29)37)34(45)40-20-9-3-8-16-32(44)42-30(35(46)47-24-26-12-4-1-5-13-26)17-18-31(43)39-19-10-11-21-48-50(38)49-25-27-14-6-2-7-15-27;20-18(22-14-16-8-3-1-4-9-16)12-7-13-19(21)23-15-17-10-5-2-6-11-17/h1-2,4-7,12-15,22-23,30H,3,8-11,16-21,24-25,38H2,(H,39,43)(H,40,45)(H,42,44);1-6,8-11H,7,12-15H2. The van der Waals surface area contributed by atoms with Crippen LogP contribution in [0.25, 0.3) is 0 Å². The van der Waals surface area contributed by atoms with Crippen molar-refractivity contribution in [1.82, 2.24) is 20.9 Å². The van der Waals surface area contributed by atoms with Gasteiger partial charge in [0.05, 0.1) is 23.8 Å². The summed E-state index contributed by atoms with van der Waals surface area (Å²) in [5.41, 5.74) is 9.74. The van der Waals surface area contributed by atoms with Crippen LogP contribution in [0.1, 0.15) is 103 Å². The molecule has 1 heterocycles. The number of aromatic nitrogens is 1. The summed E-state index contributed by atoms with van der Waals surface area (Å²) in [4.78, 5) is 77.0. The molecule has 19 heteroatoms. The fraction of sp³-hybridized carbons (Fsp3) is 0.352. The maximum Gasteiger partial charge on any atom is 0.328 e. The van der Waals surface area contributed by atoms with E-state index >= 15 is 0 Å². The summed E-state index contributed by atoms with van der Waals surface area (Å²) in [5, 5.41) is 8.00. The third-order valence-electron chi connectivity index (χ3n) is 10.5. The molecule has 0 aliphatic heterocycles. The summed E-state index contributed by atoms with van der Waals surface area (Å²) >= 11 is 5.68. The smallest absolute Gasteiger partial charge is 0.328 e. The lowest BCUT2D eigenvalue weighted by atomic mass is 10.1. The summed E-state index contributed by atoms with van der Waals surface area (Å²) in [6.45, 7) is 2.08. The van der Waals surface area contributed by atoms with Crippen molar-refractivity contribution in [2.24, 2.45) is 5.50 Å². The fourth-order valence-corrected chi connectivity index (χ4v) is 7.33. The van der Waals surface area contributed by atoms with Crippen molar-refractivity contribution >= 4 is 55.8 Å². The Bertz CT molecular complexity index is 2360. The Morgan fingerprint density at radius 2 is 1.08 bits per heavy atom. The molecule has 0 fully saturated rings. The molecule has 0 saturated carbocycles. The van der Waals surface area contributed by atoms with Gasteiger partial charge in [-0.3, -0.25) is 29.5 Å². The quantitative estimate of drug-likeness (QED) is 0.0107. The number of rotatable bonds is 31. The number of amides is 3. The van der Waals surface area contributed by atoms with Gasteiger partial charge >= 0.3 is 17.9 Å². The minimum atomic E-state index is -1.50. The van der Waals surface area contributed by atoms with Crippen molar-refractivity contribution < 1.29 is 56.4 Å². The zero-order chi connectivity index (χ0) is 52.3. The minimum Gasteiger partial charge on any atom is -0.461 e. The van der Waals surface area contributed by atoms with Crippen LogP contribution in [-0.4, -0.2) is 66.4 Å². The predicted molar refractivity (Wildman–Crippen MR) is 274 cm³/mol. The molecule has 2 atom stereocenters. The van der Waals surface area contributed by atoms with Gasteiger partial charge in [-0.1, -0.05) is 139 Å². The molecule has 0 spiro atoms. The van der Waals surface area contributed by atoms with Gasteiger partial charge in [-0.25, -0.2) is 9.78 Å². The van der Waals surface area contributed by atoms with Crippen LogP contribution in [0.3, 0.4) is 0 Å². The van der Waals surface area contributed by atoms with E-state index in [0.29, 0.717) is 64.8 Å². The Labute approximate surface area is 432 Å². The maximum atomic E-state index is 13.2. The predicted octanol–water partition coefficient (Wildman–Crippen LogP) is 9.13. The first-order valence-electron chi connectivity index (χ1n) is 24.0. The van der Waals surface area contributed by atoms with E-state index < -0.39 is 32.4 Å². The number of nitrogens with two attached hydrogens (primary N) is 1. The fourth-order valence-electron chi connectivity index (χ4n) is 6.50. The summed E-state index contributed by atoms with van der Waals surface area (Å²) < 4.78 is 40.0. The third kappa shape index (κ3) is 26.6. The van der Waals surface area contributed by atoms with Crippen LogP contribution < -0.4 is 21.5 Å². The average molecular weight is 1040 g/mol. The normalized spacial score (nSPS) is 11.4. The Kier molecular flexibility index (Phi) is 28.7. The van der Waals surface area contributed by atoms with Gasteiger partial charge in [-0.05, 0) is 66.8 Å². The highest BCUT2D eigenvalue weighted by molar-refractivity contribution is 7.44. The summed E-state index contributed by atoms with van der Waals surface area (Å²) in [6, 6.07) is 38.0. The molecule has 3 amide bonds. The highest BCUT2D eigenvalue weighted by Crippen LogP contribution is 2.30. The second-order valence-electron chi connectivity index (χ2n) is 16.4. The van der Waals surface area contributed by atoms with Crippen molar-refractivity contribution in [2.45, 2.75) is 103 Å². The van der Waals surface area contributed by atoms with E-state index in [1.165, 1.54) is 6.07 Å². The van der Waals surface area contributed by atoms with E-state index in [2.05, 4.69) is 20.9 Å². The number of nitrogens with zero attached hydrogens (tertiary/aromatic N) is 1. The number of unbranched alkanes of at least 4 members (excludes halogenated alkanes) is 3. The van der Waals surface area contributed by atoms with Crippen LogP contribution in [0, 0.1) is 5.95 Å². The molecule has 16 nitrogen and oxygen atoms in total. The van der Waals surface area contributed by atoms with Gasteiger partial charge in [0.1, 0.15) is 25.9 Å². The average Bonchev–Trinajstić information content (AvgIpc) is 3.41. The van der Waals surface area contributed by atoms with Gasteiger partial charge in [0, 0.05) is 45.0 Å². The number of ether oxygens (including phenoxy) is 3. The first-order valence-corrected chi connectivity index (χ1v) is 25.7. The van der Waals surface area contributed by atoms with E-state index in [0.717, 1.165) is 28.5 Å². The third-order valence-corrected chi connectivity index (χ3v) is 11.6.